The number of rotatable bonds is 3. The van der Waals surface area contributed by atoms with Crippen molar-refractivity contribution in [3.8, 4) is 0 Å². The van der Waals surface area contributed by atoms with E-state index in [1.165, 1.54) is 24.8 Å². The average molecular weight is 248 g/mol. The highest BCUT2D eigenvalue weighted by Gasteiger charge is 2.11. The van der Waals surface area contributed by atoms with Gasteiger partial charge in [-0.25, -0.2) is 0 Å². The van der Waals surface area contributed by atoms with Gasteiger partial charge in [0, 0.05) is 6.07 Å². The number of ketones is 1. The van der Waals surface area contributed by atoms with E-state index in [-0.39, 0.29) is 11.2 Å². The Kier molecular flexibility index (Phi) is 3.33. The van der Waals surface area contributed by atoms with Crippen molar-refractivity contribution >= 4 is 28.5 Å². The van der Waals surface area contributed by atoms with Crippen LogP contribution in [0.2, 0.25) is 0 Å². The van der Waals surface area contributed by atoms with Crippen LogP contribution in [0.4, 0.5) is 0 Å². The molecular weight excluding hydrogens is 236 g/mol. The fourth-order valence-corrected chi connectivity index (χ4v) is 2.26. The number of benzene rings is 1. The molecule has 2 aromatic rings. The lowest BCUT2D eigenvalue weighted by molar-refractivity contribution is 0.101. The van der Waals surface area contributed by atoms with E-state index in [1.807, 2.05) is 6.92 Å². The zero-order valence-corrected chi connectivity index (χ0v) is 10.5. The highest BCUT2D eigenvalue weighted by Crippen LogP contribution is 2.23. The molecule has 0 spiro atoms. The number of hydrogen-bond acceptors (Lipinski definition) is 4. The average Bonchev–Trinajstić information content (AvgIpc) is 2.28. The lowest BCUT2D eigenvalue weighted by Gasteiger charge is -2.04. The molecule has 0 saturated heterocycles. The minimum atomic E-state index is -0.106. The second-order valence-electron chi connectivity index (χ2n) is 3.60. The van der Waals surface area contributed by atoms with Crippen molar-refractivity contribution < 1.29 is 9.21 Å². The number of para-hydroxylation sites is 1. The van der Waals surface area contributed by atoms with Gasteiger partial charge < -0.3 is 4.42 Å². The third-order valence-corrected chi connectivity index (χ3v) is 3.17. The predicted molar refractivity (Wildman–Crippen MR) is 68.9 cm³/mol. The highest BCUT2D eigenvalue weighted by molar-refractivity contribution is 7.99. The Hall–Kier alpha value is -1.55. The molecule has 4 heteroatoms. The maximum atomic E-state index is 11.9. The molecule has 0 aliphatic heterocycles. The Balaban J connectivity index is 2.78. The Bertz CT molecular complexity index is 628. The molecule has 0 aliphatic carbocycles. The molecule has 0 atom stereocenters. The van der Waals surface area contributed by atoms with E-state index in [4.69, 9.17) is 4.42 Å². The number of fused-ring (bicyclic) bond motifs is 1. The normalized spacial score (nSPS) is 10.7. The van der Waals surface area contributed by atoms with Gasteiger partial charge >= 0.3 is 0 Å². The number of hydrogen-bond donors (Lipinski definition) is 0. The van der Waals surface area contributed by atoms with Gasteiger partial charge in [-0.2, -0.15) is 0 Å². The minimum absolute atomic E-state index is 0.0996. The molecule has 0 fully saturated rings. The van der Waals surface area contributed by atoms with Crippen molar-refractivity contribution in [1.29, 1.82) is 0 Å². The first-order valence-electron chi connectivity index (χ1n) is 5.34. The molecule has 3 nitrogen and oxygen atoms in total. The first-order chi connectivity index (χ1) is 8.13. The Morgan fingerprint density at radius 1 is 1.41 bits per heavy atom. The molecule has 0 amide bonds. The molecule has 2 rings (SSSR count). The molecule has 0 bridgehead atoms. The van der Waals surface area contributed by atoms with Gasteiger partial charge in [-0.15, -0.1) is 0 Å². The Morgan fingerprint density at radius 2 is 2.18 bits per heavy atom. The van der Waals surface area contributed by atoms with Gasteiger partial charge in [-0.05, 0) is 24.8 Å². The van der Waals surface area contributed by atoms with Crippen molar-refractivity contribution in [1.82, 2.24) is 0 Å². The lowest BCUT2D eigenvalue weighted by atomic mass is 10.1. The van der Waals surface area contributed by atoms with Crippen LogP contribution in [-0.4, -0.2) is 11.5 Å². The molecule has 0 aliphatic rings. The van der Waals surface area contributed by atoms with Gasteiger partial charge in [0.2, 0.25) is 0 Å². The van der Waals surface area contributed by atoms with Crippen LogP contribution >= 0.6 is 11.8 Å². The molecule has 17 heavy (non-hydrogen) atoms. The quantitative estimate of drug-likeness (QED) is 0.618. The molecule has 1 aromatic carbocycles. The van der Waals surface area contributed by atoms with Crippen LogP contribution in [0.25, 0.3) is 11.0 Å². The van der Waals surface area contributed by atoms with Crippen LogP contribution in [0.1, 0.15) is 24.2 Å². The SMILES string of the molecule is CCSc1cc(=O)c2cccc(C(C)=O)c2o1. The van der Waals surface area contributed by atoms with E-state index in [9.17, 15) is 9.59 Å². The van der Waals surface area contributed by atoms with Crippen molar-refractivity contribution in [2.45, 2.75) is 18.9 Å². The summed E-state index contributed by atoms with van der Waals surface area (Å²) < 4.78 is 5.62. The third kappa shape index (κ3) is 2.26. The minimum Gasteiger partial charge on any atom is -0.449 e. The molecule has 0 radical (unpaired) electrons. The van der Waals surface area contributed by atoms with E-state index in [1.54, 1.807) is 18.2 Å². The number of Topliss-reactive ketones (excluding diaryl/α,β-unsaturated/α-hetero) is 1. The Labute approximate surface area is 103 Å². The van der Waals surface area contributed by atoms with E-state index in [0.717, 1.165) is 5.75 Å². The molecule has 88 valence electrons. The van der Waals surface area contributed by atoms with Crippen LogP contribution < -0.4 is 5.43 Å². The summed E-state index contributed by atoms with van der Waals surface area (Å²) in [5, 5.41) is 1.01. The van der Waals surface area contributed by atoms with Crippen LogP contribution in [-0.2, 0) is 0 Å². The second kappa shape index (κ2) is 4.75. The van der Waals surface area contributed by atoms with Gasteiger partial charge in [0.15, 0.2) is 16.3 Å². The topological polar surface area (TPSA) is 47.3 Å². The van der Waals surface area contributed by atoms with E-state index in [2.05, 4.69) is 0 Å². The maximum absolute atomic E-state index is 11.9. The number of carbonyl (C=O) groups is 1. The van der Waals surface area contributed by atoms with E-state index < -0.39 is 0 Å². The molecule has 1 aromatic heterocycles. The van der Waals surface area contributed by atoms with Gasteiger partial charge in [0.1, 0.15) is 5.58 Å². The summed E-state index contributed by atoms with van der Waals surface area (Å²) >= 11 is 1.45. The van der Waals surface area contributed by atoms with Gasteiger partial charge in [0.25, 0.3) is 0 Å². The molecule has 0 N–H and O–H groups in total. The zero-order chi connectivity index (χ0) is 12.4. The molecule has 0 saturated carbocycles. The lowest BCUT2D eigenvalue weighted by Crippen LogP contribution is -2.03. The van der Waals surface area contributed by atoms with Gasteiger partial charge in [0.05, 0.1) is 10.9 Å². The summed E-state index contributed by atoms with van der Waals surface area (Å²) in [5.74, 6) is 0.717. The van der Waals surface area contributed by atoms with Crippen molar-refractivity contribution in [3.63, 3.8) is 0 Å². The summed E-state index contributed by atoms with van der Waals surface area (Å²) in [6, 6.07) is 6.52. The summed E-state index contributed by atoms with van der Waals surface area (Å²) in [6.45, 7) is 3.44. The fourth-order valence-electron chi connectivity index (χ4n) is 1.65. The van der Waals surface area contributed by atoms with Gasteiger partial charge in [-0.3, -0.25) is 9.59 Å². The predicted octanol–water partition coefficient (Wildman–Crippen LogP) is 3.11. The number of carbonyl (C=O) groups excluding carboxylic acids is 1. The zero-order valence-electron chi connectivity index (χ0n) is 9.65. The van der Waals surface area contributed by atoms with Crippen molar-refractivity contribution in [3.05, 3.63) is 40.1 Å². The maximum Gasteiger partial charge on any atom is 0.193 e. The second-order valence-corrected chi connectivity index (χ2v) is 4.87. The third-order valence-electron chi connectivity index (χ3n) is 2.40. The van der Waals surface area contributed by atoms with Crippen LogP contribution in [0.3, 0.4) is 0 Å². The standard InChI is InChI=1S/C13H12O3S/c1-3-17-12-7-11(15)10-6-4-5-9(8(2)14)13(10)16-12/h4-7H,3H2,1-2H3. The molecule has 0 unspecified atom stereocenters. The first kappa shape index (κ1) is 11.9. The number of thioether (sulfide) groups is 1. The van der Waals surface area contributed by atoms with Gasteiger partial charge in [-0.1, -0.05) is 24.8 Å². The van der Waals surface area contributed by atoms with Crippen molar-refractivity contribution in [2.24, 2.45) is 0 Å². The summed E-state index contributed by atoms with van der Waals surface area (Å²) in [6.07, 6.45) is 0. The Morgan fingerprint density at radius 3 is 2.82 bits per heavy atom. The van der Waals surface area contributed by atoms with Crippen LogP contribution in [0.15, 0.2) is 38.6 Å². The summed E-state index contributed by atoms with van der Waals surface area (Å²) in [4.78, 5) is 23.3. The first-order valence-corrected chi connectivity index (χ1v) is 6.32. The fraction of sp³-hybridized carbons (Fsp3) is 0.231. The van der Waals surface area contributed by atoms with Crippen LogP contribution in [0.5, 0.6) is 0 Å². The van der Waals surface area contributed by atoms with E-state index >= 15 is 0 Å². The molecule has 1 heterocycles. The monoisotopic (exact) mass is 248 g/mol. The van der Waals surface area contributed by atoms with Crippen molar-refractivity contribution in [2.75, 3.05) is 5.75 Å². The largest absolute Gasteiger partial charge is 0.449 e. The highest BCUT2D eigenvalue weighted by atomic mass is 32.2. The molecular formula is C13H12O3S. The van der Waals surface area contributed by atoms with Crippen LogP contribution in [0, 0.1) is 0 Å². The summed E-state index contributed by atoms with van der Waals surface area (Å²) in [7, 11) is 0. The smallest absolute Gasteiger partial charge is 0.193 e. The van der Waals surface area contributed by atoms with E-state index in [0.29, 0.717) is 21.6 Å². The summed E-state index contributed by atoms with van der Waals surface area (Å²) in [5.41, 5.74) is 0.743.